The summed E-state index contributed by atoms with van der Waals surface area (Å²) < 4.78 is 39.9. The van der Waals surface area contributed by atoms with E-state index in [1.807, 2.05) is 6.07 Å². The fraction of sp³-hybridized carbons (Fsp3) is 0.710. The summed E-state index contributed by atoms with van der Waals surface area (Å²) in [6, 6.07) is 2.03. The number of methoxy groups -OCH3 is 1. The Morgan fingerprint density at radius 3 is 2.07 bits per heavy atom. The summed E-state index contributed by atoms with van der Waals surface area (Å²) in [5.41, 5.74) is 2.03. The topological polar surface area (TPSA) is 108 Å². The first-order valence-electron chi connectivity index (χ1n) is 15.2. The van der Waals surface area contributed by atoms with E-state index in [0.29, 0.717) is 57.9 Å². The van der Waals surface area contributed by atoms with Crippen LogP contribution in [0.4, 0.5) is 4.79 Å². The monoisotopic (exact) mass is 621 g/mol. The molecule has 0 spiro atoms. The Kier molecular flexibility index (Phi) is 10.3. The number of carbonyl (C=O) groups excluding carboxylic acids is 2. The summed E-state index contributed by atoms with van der Waals surface area (Å²) >= 11 is 0. The van der Waals surface area contributed by atoms with Crippen molar-refractivity contribution in [3.05, 3.63) is 24.0 Å². The van der Waals surface area contributed by atoms with E-state index < -0.39 is 30.0 Å². The molecule has 2 aromatic heterocycles. The third-order valence-electron chi connectivity index (χ3n) is 9.07. The molecule has 9 nitrogen and oxygen atoms in total. The van der Waals surface area contributed by atoms with Gasteiger partial charge < -0.3 is 13.7 Å². The van der Waals surface area contributed by atoms with E-state index in [-0.39, 0.29) is 23.4 Å². The molecule has 11 heteroatoms. The molecule has 1 aliphatic rings. The van der Waals surface area contributed by atoms with Crippen LogP contribution in [-0.4, -0.2) is 67.6 Å². The van der Waals surface area contributed by atoms with Crippen LogP contribution in [0.3, 0.4) is 0 Å². The van der Waals surface area contributed by atoms with Crippen molar-refractivity contribution in [3.8, 4) is 5.75 Å². The van der Waals surface area contributed by atoms with Crippen molar-refractivity contribution in [1.29, 1.82) is 0 Å². The van der Waals surface area contributed by atoms with Crippen LogP contribution in [0.15, 0.2) is 18.5 Å². The summed E-state index contributed by atoms with van der Waals surface area (Å²) in [7, 11) is -3.14. The minimum Gasteiger partial charge on any atom is -0.494 e. The van der Waals surface area contributed by atoms with Gasteiger partial charge in [-0.2, -0.15) is 0 Å². The fourth-order valence-corrected chi connectivity index (χ4v) is 15.2. The van der Waals surface area contributed by atoms with Gasteiger partial charge in [-0.1, -0.05) is 41.5 Å². The maximum absolute atomic E-state index is 14.1. The van der Waals surface area contributed by atoms with E-state index >= 15 is 0 Å². The van der Waals surface area contributed by atoms with E-state index in [9.17, 15) is 18.0 Å². The Labute approximate surface area is 253 Å². The van der Waals surface area contributed by atoms with Crippen LogP contribution in [0.5, 0.6) is 5.75 Å². The summed E-state index contributed by atoms with van der Waals surface area (Å²) in [4.78, 5) is 31.3. The number of sulfonamides is 1. The van der Waals surface area contributed by atoms with Gasteiger partial charge in [-0.3, -0.25) is 4.79 Å². The number of rotatable bonds is 10. The van der Waals surface area contributed by atoms with Crippen LogP contribution < -0.4 is 4.74 Å². The highest BCUT2D eigenvalue weighted by Gasteiger charge is 2.46. The minimum absolute atomic E-state index is 0.0232. The lowest BCUT2D eigenvalue weighted by Gasteiger charge is -2.44. The van der Waals surface area contributed by atoms with Gasteiger partial charge in [-0.05, 0) is 81.3 Å². The molecule has 0 saturated heterocycles. The zero-order valence-corrected chi connectivity index (χ0v) is 29.2. The number of nitrogens with zero attached hydrogens (tertiary/aromatic N) is 3. The van der Waals surface area contributed by atoms with Gasteiger partial charge in [0.05, 0.1) is 24.6 Å². The summed E-state index contributed by atoms with van der Waals surface area (Å²) in [6.45, 7) is 18.9. The lowest BCUT2D eigenvalue weighted by molar-refractivity contribution is 0.0420. The van der Waals surface area contributed by atoms with Crippen LogP contribution in [0.2, 0.25) is 16.6 Å². The minimum atomic E-state index is -3.85. The number of fused-ring (bicyclic) bond motifs is 1. The highest BCUT2D eigenvalue weighted by atomic mass is 32.2. The molecule has 1 fully saturated rings. The molecule has 0 unspecified atom stereocenters. The van der Waals surface area contributed by atoms with E-state index in [1.165, 1.54) is 7.05 Å². The third-order valence-corrected chi connectivity index (χ3v) is 17.7. The number of carbonyl (C=O) groups is 2. The van der Waals surface area contributed by atoms with E-state index in [1.54, 1.807) is 34.1 Å². The van der Waals surface area contributed by atoms with Crippen molar-refractivity contribution in [1.82, 2.24) is 13.5 Å². The van der Waals surface area contributed by atoms with Gasteiger partial charge in [0.1, 0.15) is 17.0 Å². The van der Waals surface area contributed by atoms with Gasteiger partial charge in [0.25, 0.3) is 0 Å². The van der Waals surface area contributed by atoms with Gasteiger partial charge >= 0.3 is 6.09 Å². The molecule has 0 aliphatic heterocycles. The number of ether oxygens (including phenoxy) is 2. The average Bonchev–Trinajstić information content (AvgIpc) is 3.30. The number of pyridine rings is 1. The summed E-state index contributed by atoms with van der Waals surface area (Å²) in [6.07, 6.45) is 5.24. The molecule has 236 valence electrons. The fourth-order valence-electron chi connectivity index (χ4n) is 7.27. The predicted molar refractivity (Wildman–Crippen MR) is 170 cm³/mol. The Hall–Kier alpha value is -2.40. The maximum Gasteiger partial charge on any atom is 0.423 e. The average molecular weight is 622 g/mol. The summed E-state index contributed by atoms with van der Waals surface area (Å²) in [5, 5.41) is 0.821. The smallest absolute Gasteiger partial charge is 0.423 e. The second kappa shape index (κ2) is 12.7. The number of amides is 1. The Morgan fingerprint density at radius 2 is 1.60 bits per heavy atom. The second-order valence-corrected chi connectivity index (χ2v) is 21.5. The van der Waals surface area contributed by atoms with Gasteiger partial charge in [0.2, 0.25) is 10.0 Å². The van der Waals surface area contributed by atoms with E-state index in [2.05, 4.69) is 52.0 Å². The van der Waals surface area contributed by atoms with Gasteiger partial charge in [-0.25, -0.2) is 22.5 Å². The molecule has 0 aromatic carbocycles. The molecular formula is C31H51N3O6SSi. The third kappa shape index (κ3) is 6.56. The number of hydrogen-bond donors (Lipinski definition) is 0. The van der Waals surface area contributed by atoms with E-state index in [0.717, 1.165) is 11.0 Å². The Balaban J connectivity index is 1.86. The van der Waals surface area contributed by atoms with Crippen LogP contribution in [-0.2, 0) is 14.8 Å². The van der Waals surface area contributed by atoms with Crippen LogP contribution in [0, 0.1) is 11.8 Å². The highest BCUT2D eigenvalue weighted by molar-refractivity contribution is 7.89. The number of hydrogen-bond acceptors (Lipinski definition) is 7. The molecule has 0 bridgehead atoms. The number of Topliss-reactive ketones (excluding diaryl/α,β-unsaturated/α-hetero) is 1. The van der Waals surface area contributed by atoms with Crippen molar-refractivity contribution >= 4 is 41.2 Å². The maximum atomic E-state index is 14.1. The lowest BCUT2D eigenvalue weighted by atomic mass is 9.79. The second-order valence-electron chi connectivity index (χ2n) is 13.8. The van der Waals surface area contributed by atoms with Crippen molar-refractivity contribution in [3.63, 3.8) is 0 Å². The van der Waals surface area contributed by atoms with Crippen molar-refractivity contribution in [2.75, 3.05) is 19.9 Å². The Bertz CT molecular complexity index is 1360. The molecule has 2 heterocycles. The van der Waals surface area contributed by atoms with Crippen molar-refractivity contribution < 1.29 is 27.5 Å². The van der Waals surface area contributed by atoms with Gasteiger partial charge in [-0.15, -0.1) is 0 Å². The van der Waals surface area contributed by atoms with Crippen molar-refractivity contribution in [2.45, 2.75) is 110 Å². The Morgan fingerprint density at radius 1 is 1.05 bits per heavy atom. The summed E-state index contributed by atoms with van der Waals surface area (Å²) in [5.74, 6) is -0.0338. The molecule has 1 aliphatic carbocycles. The van der Waals surface area contributed by atoms with Gasteiger partial charge in [0.15, 0.2) is 14.0 Å². The first-order valence-corrected chi connectivity index (χ1v) is 19.0. The standard InChI is InChI=1S/C31H51N3O6SSi/c1-20(2)42(21(3)4,22(5)6)34-17-16-25-27(26(39-11)18-32-29(25)34)28(35)24-14-12-23(13-15-24)19-41(37,38)33(10)30(36)40-31(7,8)9/h16-18,20-24H,12-15,19H2,1-11H3. The first-order chi connectivity index (χ1) is 19.4. The van der Waals surface area contributed by atoms with Crippen molar-refractivity contribution in [2.24, 2.45) is 11.8 Å². The lowest BCUT2D eigenvalue weighted by Crippen LogP contribution is -2.51. The largest absolute Gasteiger partial charge is 0.494 e. The SMILES string of the molecule is COc1cnc2c(ccn2[Si](C(C)C)(C(C)C)C(C)C)c1C(=O)C1CCC(CS(=O)(=O)N(C)C(=O)OC(C)(C)C)CC1. The van der Waals surface area contributed by atoms with Crippen LogP contribution >= 0.6 is 0 Å². The van der Waals surface area contributed by atoms with E-state index in [4.69, 9.17) is 14.5 Å². The molecule has 1 amide bonds. The predicted octanol–water partition coefficient (Wildman–Crippen LogP) is 7.25. The van der Waals surface area contributed by atoms with Crippen LogP contribution in [0.1, 0.15) is 98.4 Å². The molecule has 1 saturated carbocycles. The molecule has 0 radical (unpaired) electrons. The molecular weight excluding hydrogens is 571 g/mol. The zero-order valence-electron chi connectivity index (χ0n) is 27.4. The normalized spacial score (nSPS) is 18.6. The van der Waals surface area contributed by atoms with Gasteiger partial charge in [0, 0.05) is 18.4 Å². The molecule has 0 atom stereocenters. The highest BCUT2D eigenvalue weighted by Crippen LogP contribution is 2.45. The number of ketones is 1. The molecule has 2 aromatic rings. The number of aromatic nitrogens is 2. The first kappa shape index (κ1) is 34.1. The molecule has 3 rings (SSSR count). The molecule has 42 heavy (non-hydrogen) atoms. The quantitative estimate of drug-likeness (QED) is 0.203. The van der Waals surface area contributed by atoms with Crippen LogP contribution in [0.25, 0.3) is 11.0 Å². The zero-order chi connectivity index (χ0) is 31.8. The molecule has 0 N–H and O–H groups in total.